The fourth-order valence-electron chi connectivity index (χ4n) is 3.61. The molecule has 0 radical (unpaired) electrons. The van der Waals surface area contributed by atoms with E-state index in [2.05, 4.69) is 5.32 Å². The molecule has 0 bridgehead atoms. The quantitative estimate of drug-likeness (QED) is 0.696. The highest BCUT2D eigenvalue weighted by molar-refractivity contribution is 6.33. The van der Waals surface area contributed by atoms with Crippen LogP contribution in [-0.2, 0) is 15.8 Å². The average Bonchev–Trinajstić information content (AvgIpc) is 3.25. The molecule has 5 nitrogen and oxygen atoms in total. The number of hydrogen-bond acceptors (Lipinski definition) is 3. The Labute approximate surface area is 183 Å². The zero-order chi connectivity index (χ0) is 22.6. The van der Waals surface area contributed by atoms with Gasteiger partial charge in [0.2, 0.25) is 11.8 Å². The van der Waals surface area contributed by atoms with E-state index in [0.717, 1.165) is 31.0 Å². The van der Waals surface area contributed by atoms with Crippen LogP contribution in [-0.4, -0.2) is 48.3 Å². The van der Waals surface area contributed by atoms with Gasteiger partial charge in [-0.25, -0.2) is 0 Å². The van der Waals surface area contributed by atoms with Crippen molar-refractivity contribution in [2.45, 2.75) is 25.1 Å². The van der Waals surface area contributed by atoms with Crippen LogP contribution in [0.25, 0.3) is 0 Å². The molecule has 1 heterocycles. The van der Waals surface area contributed by atoms with E-state index in [1.165, 1.54) is 0 Å². The van der Waals surface area contributed by atoms with Crippen molar-refractivity contribution in [3.8, 4) is 0 Å². The summed E-state index contributed by atoms with van der Waals surface area (Å²) in [7, 11) is 1.64. The van der Waals surface area contributed by atoms with Crippen LogP contribution in [0.2, 0.25) is 5.02 Å². The van der Waals surface area contributed by atoms with E-state index in [4.69, 9.17) is 11.6 Å². The van der Waals surface area contributed by atoms with Crippen molar-refractivity contribution in [1.29, 1.82) is 0 Å². The summed E-state index contributed by atoms with van der Waals surface area (Å²) in [6.07, 6.45) is -2.67. The van der Waals surface area contributed by atoms with Gasteiger partial charge in [-0.15, -0.1) is 0 Å². The first kappa shape index (κ1) is 23.1. The summed E-state index contributed by atoms with van der Waals surface area (Å²) >= 11 is 6.03. The normalized spacial score (nSPS) is 15.2. The van der Waals surface area contributed by atoms with Crippen molar-refractivity contribution in [3.63, 3.8) is 0 Å². The SMILES string of the molecule is CN(CC(=O)N1CCCC1)[C@@H](C(=O)Nc1cc(C(F)(F)F)ccc1Cl)c1ccccc1. The summed E-state index contributed by atoms with van der Waals surface area (Å²) in [6, 6.07) is 10.6. The predicted molar refractivity (Wildman–Crippen MR) is 113 cm³/mol. The van der Waals surface area contributed by atoms with E-state index in [0.29, 0.717) is 18.7 Å². The lowest BCUT2D eigenvalue weighted by Crippen LogP contribution is -2.42. The zero-order valence-electron chi connectivity index (χ0n) is 17.0. The van der Waals surface area contributed by atoms with Crippen molar-refractivity contribution in [2.24, 2.45) is 0 Å². The number of anilines is 1. The largest absolute Gasteiger partial charge is 0.416 e. The van der Waals surface area contributed by atoms with E-state index >= 15 is 0 Å². The van der Waals surface area contributed by atoms with Crippen molar-refractivity contribution < 1.29 is 22.8 Å². The Balaban J connectivity index is 1.84. The summed E-state index contributed by atoms with van der Waals surface area (Å²) in [6.45, 7) is 1.38. The van der Waals surface area contributed by atoms with E-state index in [9.17, 15) is 22.8 Å². The van der Waals surface area contributed by atoms with Gasteiger partial charge in [0.1, 0.15) is 6.04 Å². The van der Waals surface area contributed by atoms with Gasteiger partial charge in [-0.05, 0) is 43.7 Å². The minimum Gasteiger partial charge on any atom is -0.342 e. The molecule has 0 aromatic heterocycles. The number of hydrogen-bond donors (Lipinski definition) is 1. The molecule has 1 aliphatic rings. The minimum absolute atomic E-state index is 0.00328. The molecular formula is C22H23ClF3N3O2. The standard InChI is InChI=1S/C22H23ClF3N3O2/c1-28(14-19(30)29-11-5-6-12-29)20(15-7-3-2-4-8-15)21(31)27-18-13-16(22(24,25)26)9-10-17(18)23/h2-4,7-10,13,20H,5-6,11-12,14H2,1H3,(H,27,31)/t20-/m1/s1. The maximum atomic E-state index is 13.2. The van der Waals surface area contributed by atoms with Gasteiger partial charge in [0, 0.05) is 13.1 Å². The summed E-state index contributed by atoms with van der Waals surface area (Å²) in [4.78, 5) is 29.1. The van der Waals surface area contributed by atoms with E-state index < -0.39 is 23.7 Å². The lowest BCUT2D eigenvalue weighted by atomic mass is 10.0. The van der Waals surface area contributed by atoms with Crippen LogP contribution in [0.5, 0.6) is 0 Å². The van der Waals surface area contributed by atoms with Crippen molar-refractivity contribution in [2.75, 3.05) is 32.0 Å². The van der Waals surface area contributed by atoms with Gasteiger partial charge in [-0.3, -0.25) is 14.5 Å². The third-order valence-electron chi connectivity index (χ3n) is 5.20. The molecular weight excluding hydrogens is 431 g/mol. The molecule has 1 atom stereocenters. The third-order valence-corrected chi connectivity index (χ3v) is 5.53. The number of carbonyl (C=O) groups excluding carboxylic acids is 2. The number of likely N-dealkylation sites (N-methyl/N-ethyl adjacent to an activating group) is 1. The number of nitrogens with one attached hydrogen (secondary N) is 1. The highest BCUT2D eigenvalue weighted by atomic mass is 35.5. The Kier molecular flexibility index (Phi) is 7.23. The van der Waals surface area contributed by atoms with Crippen molar-refractivity contribution in [1.82, 2.24) is 9.80 Å². The monoisotopic (exact) mass is 453 g/mol. The number of nitrogens with zero attached hydrogens (tertiary/aromatic N) is 2. The molecule has 0 saturated carbocycles. The lowest BCUT2D eigenvalue weighted by Gasteiger charge is -2.29. The van der Waals surface area contributed by atoms with Gasteiger partial charge >= 0.3 is 6.18 Å². The first-order valence-electron chi connectivity index (χ1n) is 9.87. The van der Waals surface area contributed by atoms with Crippen molar-refractivity contribution in [3.05, 3.63) is 64.7 Å². The molecule has 1 fully saturated rings. The Hall–Kier alpha value is -2.58. The minimum atomic E-state index is -4.57. The number of benzene rings is 2. The Morgan fingerprint density at radius 3 is 2.39 bits per heavy atom. The molecule has 9 heteroatoms. The molecule has 1 saturated heterocycles. The second kappa shape index (κ2) is 9.70. The fraction of sp³-hybridized carbons (Fsp3) is 0.364. The second-order valence-electron chi connectivity index (χ2n) is 7.50. The number of halogens is 4. The second-order valence-corrected chi connectivity index (χ2v) is 7.91. The van der Waals surface area contributed by atoms with Crippen LogP contribution in [0.1, 0.15) is 30.0 Å². The molecule has 0 aliphatic carbocycles. The number of rotatable bonds is 6. The molecule has 0 spiro atoms. The summed E-state index contributed by atoms with van der Waals surface area (Å²) in [5.74, 6) is -0.671. The molecule has 2 aromatic carbocycles. The third kappa shape index (κ3) is 5.77. The Morgan fingerprint density at radius 1 is 1.13 bits per heavy atom. The highest BCUT2D eigenvalue weighted by Crippen LogP contribution is 2.34. The predicted octanol–water partition coefficient (Wildman–Crippen LogP) is 4.59. The van der Waals surface area contributed by atoms with Crippen LogP contribution in [0.15, 0.2) is 48.5 Å². The fourth-order valence-corrected chi connectivity index (χ4v) is 3.78. The van der Waals surface area contributed by atoms with E-state index in [-0.39, 0.29) is 23.2 Å². The smallest absolute Gasteiger partial charge is 0.342 e. The van der Waals surface area contributed by atoms with Crippen LogP contribution in [0, 0.1) is 0 Å². The first-order valence-corrected chi connectivity index (χ1v) is 10.2. The Morgan fingerprint density at radius 2 is 1.77 bits per heavy atom. The summed E-state index contributed by atoms with van der Waals surface area (Å²) in [5, 5.41) is 2.50. The van der Waals surface area contributed by atoms with Crippen LogP contribution in [0.3, 0.4) is 0 Å². The molecule has 2 amide bonds. The maximum absolute atomic E-state index is 13.2. The number of carbonyl (C=O) groups is 2. The summed E-state index contributed by atoms with van der Waals surface area (Å²) < 4.78 is 39.2. The van der Waals surface area contributed by atoms with Crippen molar-refractivity contribution >= 4 is 29.1 Å². The van der Waals surface area contributed by atoms with Gasteiger partial charge in [0.15, 0.2) is 0 Å². The van der Waals surface area contributed by atoms with Crippen LogP contribution < -0.4 is 5.32 Å². The molecule has 0 unspecified atom stereocenters. The number of amides is 2. The zero-order valence-corrected chi connectivity index (χ0v) is 17.7. The van der Waals surface area contributed by atoms with E-state index in [1.807, 2.05) is 0 Å². The highest BCUT2D eigenvalue weighted by Gasteiger charge is 2.32. The van der Waals surface area contributed by atoms with Gasteiger partial charge in [-0.2, -0.15) is 13.2 Å². The Bertz CT molecular complexity index is 931. The van der Waals surface area contributed by atoms with Gasteiger partial charge < -0.3 is 10.2 Å². The first-order chi connectivity index (χ1) is 14.7. The molecule has 3 rings (SSSR count). The van der Waals surface area contributed by atoms with E-state index in [1.54, 1.807) is 47.2 Å². The van der Waals surface area contributed by atoms with Crippen LogP contribution >= 0.6 is 11.6 Å². The molecule has 2 aromatic rings. The van der Waals surface area contributed by atoms with Crippen LogP contribution in [0.4, 0.5) is 18.9 Å². The van der Waals surface area contributed by atoms with Gasteiger partial charge in [0.05, 0.1) is 22.8 Å². The molecule has 1 N–H and O–H groups in total. The topological polar surface area (TPSA) is 52.7 Å². The molecule has 31 heavy (non-hydrogen) atoms. The number of likely N-dealkylation sites (tertiary alicyclic amines) is 1. The summed E-state index contributed by atoms with van der Waals surface area (Å²) in [5.41, 5.74) is -0.442. The molecule has 1 aliphatic heterocycles. The van der Waals surface area contributed by atoms with Gasteiger partial charge in [-0.1, -0.05) is 41.9 Å². The average molecular weight is 454 g/mol. The maximum Gasteiger partial charge on any atom is 0.416 e. The lowest BCUT2D eigenvalue weighted by molar-refractivity contribution is -0.137. The number of alkyl halides is 3. The van der Waals surface area contributed by atoms with Gasteiger partial charge in [0.25, 0.3) is 0 Å². The molecule has 166 valence electrons.